The van der Waals surface area contributed by atoms with Gasteiger partial charge in [0.1, 0.15) is 0 Å². The number of ether oxygens (including phenoxy) is 1. The summed E-state index contributed by atoms with van der Waals surface area (Å²) in [5, 5.41) is 1.14. The van der Waals surface area contributed by atoms with Crippen molar-refractivity contribution in [1.82, 2.24) is 0 Å². The summed E-state index contributed by atoms with van der Waals surface area (Å²) < 4.78 is 6.40. The smallest absolute Gasteiger partial charge is 0.0687 e. The molecule has 2 atom stereocenters. The van der Waals surface area contributed by atoms with Gasteiger partial charge >= 0.3 is 0 Å². The van der Waals surface area contributed by atoms with Crippen molar-refractivity contribution in [3.63, 3.8) is 0 Å². The molecule has 0 aromatic carbocycles. The van der Waals surface area contributed by atoms with Gasteiger partial charge in [-0.25, -0.2) is 0 Å². The lowest BCUT2D eigenvalue weighted by molar-refractivity contribution is -0.0438. The minimum atomic E-state index is 0.319. The van der Waals surface area contributed by atoms with Crippen LogP contribution < -0.4 is 0 Å². The monoisotopic (exact) mass is 302 g/mol. The fraction of sp³-hybridized carbons (Fsp3) is 1.00. The molecule has 1 saturated heterocycles. The zero-order chi connectivity index (χ0) is 12.3. The average molecular weight is 303 g/mol. The predicted molar refractivity (Wildman–Crippen MR) is 76.7 cm³/mol. The SMILES string of the molecule is CC(C)CC(CBr)CC1CCC2(CCCC2)O1. The van der Waals surface area contributed by atoms with E-state index >= 15 is 0 Å². The molecule has 2 heteroatoms. The lowest BCUT2D eigenvalue weighted by Gasteiger charge is -2.26. The molecule has 1 aliphatic carbocycles. The van der Waals surface area contributed by atoms with E-state index in [1.165, 1.54) is 51.4 Å². The van der Waals surface area contributed by atoms with Crippen LogP contribution in [0.3, 0.4) is 0 Å². The fourth-order valence-electron chi connectivity index (χ4n) is 3.71. The van der Waals surface area contributed by atoms with Crippen LogP contribution in [0.1, 0.15) is 65.2 Å². The number of alkyl halides is 1. The minimum Gasteiger partial charge on any atom is -0.372 e. The van der Waals surface area contributed by atoms with E-state index in [9.17, 15) is 0 Å². The Morgan fingerprint density at radius 2 is 1.94 bits per heavy atom. The molecule has 0 amide bonds. The van der Waals surface area contributed by atoms with E-state index < -0.39 is 0 Å². The van der Waals surface area contributed by atoms with E-state index in [-0.39, 0.29) is 0 Å². The Morgan fingerprint density at radius 3 is 2.53 bits per heavy atom. The molecule has 1 saturated carbocycles. The van der Waals surface area contributed by atoms with E-state index in [4.69, 9.17) is 4.74 Å². The standard InChI is InChI=1S/C15H27BrO/c1-12(2)9-13(11-16)10-14-5-8-15(17-14)6-3-4-7-15/h12-14H,3-11H2,1-2H3. The van der Waals surface area contributed by atoms with Gasteiger partial charge in [0.2, 0.25) is 0 Å². The normalized spacial score (nSPS) is 29.3. The van der Waals surface area contributed by atoms with Gasteiger partial charge in [0.15, 0.2) is 0 Å². The molecule has 2 rings (SSSR count). The van der Waals surface area contributed by atoms with E-state index in [0.717, 1.165) is 17.2 Å². The molecule has 1 aliphatic heterocycles. The van der Waals surface area contributed by atoms with Gasteiger partial charge in [-0.15, -0.1) is 0 Å². The Morgan fingerprint density at radius 1 is 1.24 bits per heavy atom. The second-order valence-corrected chi connectivity index (χ2v) is 7.20. The molecule has 0 aromatic rings. The molecule has 100 valence electrons. The number of hydrogen-bond donors (Lipinski definition) is 0. The first-order valence-electron chi connectivity index (χ1n) is 7.37. The summed E-state index contributed by atoms with van der Waals surface area (Å²) in [6, 6.07) is 0. The lowest BCUT2D eigenvalue weighted by atomic mass is 9.92. The van der Waals surface area contributed by atoms with Crippen molar-refractivity contribution in [1.29, 1.82) is 0 Å². The second-order valence-electron chi connectivity index (χ2n) is 6.55. The van der Waals surface area contributed by atoms with Crippen LogP contribution in [0.2, 0.25) is 0 Å². The first kappa shape index (κ1) is 13.9. The molecule has 0 N–H and O–H groups in total. The van der Waals surface area contributed by atoms with E-state index in [0.29, 0.717) is 11.7 Å². The van der Waals surface area contributed by atoms with Gasteiger partial charge in [-0.1, -0.05) is 42.6 Å². The van der Waals surface area contributed by atoms with Crippen LogP contribution in [0.15, 0.2) is 0 Å². The molecule has 2 fully saturated rings. The zero-order valence-corrected chi connectivity index (χ0v) is 13.0. The van der Waals surface area contributed by atoms with Crippen LogP contribution in [0.25, 0.3) is 0 Å². The Balaban J connectivity index is 1.79. The van der Waals surface area contributed by atoms with Crippen molar-refractivity contribution in [2.24, 2.45) is 11.8 Å². The van der Waals surface area contributed by atoms with Crippen LogP contribution >= 0.6 is 15.9 Å². The van der Waals surface area contributed by atoms with Crippen LogP contribution in [0, 0.1) is 11.8 Å². The van der Waals surface area contributed by atoms with Crippen molar-refractivity contribution < 1.29 is 4.74 Å². The van der Waals surface area contributed by atoms with Crippen molar-refractivity contribution in [2.75, 3.05) is 5.33 Å². The summed E-state index contributed by atoms with van der Waals surface area (Å²) in [7, 11) is 0. The Hall–Kier alpha value is 0.440. The Kier molecular flexibility index (Phi) is 4.94. The quantitative estimate of drug-likeness (QED) is 0.655. The fourth-order valence-corrected chi connectivity index (χ4v) is 4.24. The van der Waals surface area contributed by atoms with Gasteiger partial charge in [-0.05, 0) is 50.4 Å². The number of hydrogen-bond acceptors (Lipinski definition) is 1. The number of halogens is 1. The van der Waals surface area contributed by atoms with Gasteiger partial charge in [0.05, 0.1) is 11.7 Å². The van der Waals surface area contributed by atoms with Gasteiger partial charge in [-0.2, -0.15) is 0 Å². The van der Waals surface area contributed by atoms with Crippen LogP contribution in [-0.2, 0) is 4.74 Å². The molecule has 0 bridgehead atoms. The molecule has 2 unspecified atom stereocenters. The maximum absolute atomic E-state index is 6.40. The summed E-state index contributed by atoms with van der Waals surface area (Å²) in [5.41, 5.74) is 0.319. The molecular weight excluding hydrogens is 276 g/mol. The third-order valence-corrected chi connectivity index (χ3v) is 5.39. The summed E-state index contributed by atoms with van der Waals surface area (Å²) in [6.07, 6.45) is 11.2. The summed E-state index contributed by atoms with van der Waals surface area (Å²) >= 11 is 3.67. The highest BCUT2D eigenvalue weighted by Crippen LogP contribution is 2.44. The predicted octanol–water partition coefficient (Wildman–Crippen LogP) is 4.93. The van der Waals surface area contributed by atoms with Gasteiger partial charge < -0.3 is 4.74 Å². The second kappa shape index (κ2) is 6.06. The van der Waals surface area contributed by atoms with Crippen molar-refractivity contribution >= 4 is 15.9 Å². The third kappa shape index (κ3) is 3.70. The van der Waals surface area contributed by atoms with Crippen molar-refractivity contribution in [2.45, 2.75) is 76.9 Å². The van der Waals surface area contributed by atoms with Gasteiger partial charge in [0.25, 0.3) is 0 Å². The summed E-state index contributed by atoms with van der Waals surface area (Å²) in [5.74, 6) is 1.61. The first-order valence-corrected chi connectivity index (χ1v) is 8.49. The van der Waals surface area contributed by atoms with Crippen molar-refractivity contribution in [3.05, 3.63) is 0 Å². The topological polar surface area (TPSA) is 9.23 Å². The molecule has 1 nitrogen and oxygen atoms in total. The van der Waals surface area contributed by atoms with E-state index in [2.05, 4.69) is 29.8 Å². The Labute approximate surface area is 115 Å². The van der Waals surface area contributed by atoms with Crippen LogP contribution in [0.4, 0.5) is 0 Å². The zero-order valence-electron chi connectivity index (χ0n) is 11.4. The largest absolute Gasteiger partial charge is 0.372 e. The molecule has 0 radical (unpaired) electrons. The lowest BCUT2D eigenvalue weighted by Crippen LogP contribution is -2.26. The maximum atomic E-state index is 6.40. The van der Waals surface area contributed by atoms with Crippen LogP contribution in [-0.4, -0.2) is 17.0 Å². The molecule has 1 heterocycles. The molecule has 0 aromatic heterocycles. The summed E-state index contributed by atoms with van der Waals surface area (Å²) in [4.78, 5) is 0. The molecular formula is C15H27BrO. The highest BCUT2D eigenvalue weighted by Gasteiger charge is 2.42. The maximum Gasteiger partial charge on any atom is 0.0687 e. The van der Waals surface area contributed by atoms with Gasteiger partial charge in [0, 0.05) is 5.33 Å². The molecule has 2 aliphatic rings. The van der Waals surface area contributed by atoms with Crippen LogP contribution in [0.5, 0.6) is 0 Å². The minimum absolute atomic E-state index is 0.319. The van der Waals surface area contributed by atoms with E-state index in [1.54, 1.807) is 0 Å². The first-order chi connectivity index (χ1) is 8.13. The highest BCUT2D eigenvalue weighted by atomic mass is 79.9. The molecule has 17 heavy (non-hydrogen) atoms. The summed E-state index contributed by atoms with van der Waals surface area (Å²) in [6.45, 7) is 4.65. The highest BCUT2D eigenvalue weighted by molar-refractivity contribution is 9.09. The van der Waals surface area contributed by atoms with Crippen molar-refractivity contribution in [3.8, 4) is 0 Å². The number of rotatable bonds is 5. The van der Waals surface area contributed by atoms with Gasteiger partial charge in [-0.3, -0.25) is 0 Å². The third-order valence-electron chi connectivity index (χ3n) is 4.47. The Bertz CT molecular complexity index is 233. The van der Waals surface area contributed by atoms with E-state index in [1.807, 2.05) is 0 Å². The average Bonchev–Trinajstić information content (AvgIpc) is 2.89. The molecule has 1 spiro atoms.